The predicted molar refractivity (Wildman–Crippen MR) is 108 cm³/mol. The number of hydrogen-bond acceptors (Lipinski definition) is 2. The summed E-state index contributed by atoms with van der Waals surface area (Å²) in [7, 11) is 0. The summed E-state index contributed by atoms with van der Waals surface area (Å²) in [6.45, 7) is 0. The van der Waals surface area contributed by atoms with Crippen LogP contribution >= 0.6 is 11.8 Å². The Morgan fingerprint density at radius 2 is 1.46 bits per heavy atom. The Balaban J connectivity index is 1.79. The summed E-state index contributed by atoms with van der Waals surface area (Å²) in [6.07, 6.45) is 0. The fraction of sp³-hybridized carbons (Fsp3) is 0. The van der Waals surface area contributed by atoms with E-state index in [1.165, 1.54) is 37.3 Å². The van der Waals surface area contributed by atoms with E-state index in [1.807, 2.05) is 11.8 Å². The molecule has 0 bridgehead atoms. The fourth-order valence-corrected chi connectivity index (χ4v) is 4.95. The molecule has 2 nitrogen and oxygen atoms in total. The Bertz CT molecular complexity index is 1310. The Hall–Kier alpha value is -3.04. The van der Waals surface area contributed by atoms with Gasteiger partial charge in [-0.15, -0.1) is 0 Å². The lowest BCUT2D eigenvalue weighted by Crippen LogP contribution is -2.03. The van der Waals surface area contributed by atoms with Crippen LogP contribution in [0.5, 0.6) is 0 Å². The smallest absolute Gasteiger partial charge is 0.146 e. The summed E-state index contributed by atoms with van der Waals surface area (Å²) >= 11 is 1.83. The molecule has 6 rings (SSSR count). The molecule has 2 heterocycles. The normalized spacial score (nSPS) is 12.5. The van der Waals surface area contributed by atoms with Gasteiger partial charge in [-0.05, 0) is 35.0 Å². The molecule has 0 amide bonds. The minimum absolute atomic E-state index is 1.01. The molecule has 0 aliphatic carbocycles. The van der Waals surface area contributed by atoms with E-state index >= 15 is 0 Å². The first-order chi connectivity index (χ1) is 12.9. The Kier molecular flexibility index (Phi) is 2.85. The maximum absolute atomic E-state index is 5.05. The monoisotopic (exact) mass is 350 g/mol. The zero-order valence-electron chi connectivity index (χ0n) is 13.9. The van der Waals surface area contributed by atoms with Crippen LogP contribution in [0.1, 0.15) is 0 Å². The van der Waals surface area contributed by atoms with Crippen LogP contribution < -0.4 is 0 Å². The van der Waals surface area contributed by atoms with Crippen molar-refractivity contribution < 1.29 is 0 Å². The molecule has 1 aliphatic rings. The first kappa shape index (κ1) is 14.2. The van der Waals surface area contributed by atoms with E-state index in [0.29, 0.717) is 0 Å². The van der Waals surface area contributed by atoms with Crippen molar-refractivity contribution in [3.8, 4) is 17.1 Å². The third-order valence-electron chi connectivity index (χ3n) is 5.00. The summed E-state index contributed by atoms with van der Waals surface area (Å²) in [5.41, 5.74) is 4.64. The molecule has 0 saturated carbocycles. The minimum atomic E-state index is 1.01. The van der Waals surface area contributed by atoms with Crippen molar-refractivity contribution in [1.29, 1.82) is 0 Å². The number of benzene rings is 4. The van der Waals surface area contributed by atoms with E-state index in [1.54, 1.807) is 0 Å². The van der Waals surface area contributed by atoms with Crippen molar-refractivity contribution in [3.05, 3.63) is 84.9 Å². The van der Waals surface area contributed by atoms with Crippen molar-refractivity contribution in [2.75, 3.05) is 0 Å². The van der Waals surface area contributed by atoms with Gasteiger partial charge in [0.1, 0.15) is 5.82 Å². The number of imidazole rings is 1. The van der Waals surface area contributed by atoms with Crippen LogP contribution in [-0.2, 0) is 0 Å². The van der Waals surface area contributed by atoms with Crippen molar-refractivity contribution in [2.24, 2.45) is 0 Å². The van der Waals surface area contributed by atoms with Gasteiger partial charge < -0.3 is 0 Å². The van der Waals surface area contributed by atoms with E-state index in [0.717, 1.165) is 11.3 Å². The number of rotatable bonds is 1. The molecule has 0 fully saturated rings. The van der Waals surface area contributed by atoms with Gasteiger partial charge in [-0.3, -0.25) is 4.57 Å². The van der Waals surface area contributed by atoms with Crippen LogP contribution in [0.25, 0.3) is 38.9 Å². The molecule has 0 saturated heterocycles. The van der Waals surface area contributed by atoms with E-state index in [9.17, 15) is 0 Å². The molecule has 0 spiro atoms. The highest BCUT2D eigenvalue weighted by molar-refractivity contribution is 7.99. The first-order valence-corrected chi connectivity index (χ1v) is 9.49. The van der Waals surface area contributed by atoms with Crippen molar-refractivity contribution in [2.45, 2.75) is 9.79 Å². The van der Waals surface area contributed by atoms with Gasteiger partial charge in [-0.25, -0.2) is 4.98 Å². The molecule has 0 N–H and O–H groups in total. The number of hydrogen-bond donors (Lipinski definition) is 0. The Labute approximate surface area is 155 Å². The minimum Gasteiger partial charge on any atom is -0.290 e. The predicted octanol–water partition coefficient (Wildman–Crippen LogP) is 6.31. The van der Waals surface area contributed by atoms with Crippen molar-refractivity contribution in [1.82, 2.24) is 9.55 Å². The Morgan fingerprint density at radius 3 is 2.46 bits per heavy atom. The van der Waals surface area contributed by atoms with Gasteiger partial charge in [0.05, 0.1) is 16.7 Å². The SMILES string of the molecule is c1ccc2c(c1)Sc1cccc3nc(-c4cccc5ccccc45)n-2c13. The van der Waals surface area contributed by atoms with Crippen LogP contribution in [0.3, 0.4) is 0 Å². The molecule has 0 radical (unpaired) electrons. The Morgan fingerprint density at radius 1 is 0.692 bits per heavy atom. The average molecular weight is 350 g/mol. The summed E-state index contributed by atoms with van der Waals surface area (Å²) in [6, 6.07) is 30.0. The fourth-order valence-electron chi connectivity index (χ4n) is 3.86. The maximum Gasteiger partial charge on any atom is 0.146 e. The van der Waals surface area contributed by atoms with Crippen molar-refractivity contribution in [3.63, 3.8) is 0 Å². The standard InChI is InChI=1S/C23H14N2S/c1-2-9-16-15(7-1)8-5-10-17(16)23-24-18-11-6-14-21-22(18)25(23)19-12-3-4-13-20(19)26-21/h1-14H. The number of nitrogens with zero attached hydrogens (tertiary/aromatic N) is 2. The zero-order valence-corrected chi connectivity index (χ0v) is 14.7. The molecular formula is C23H14N2S. The molecule has 26 heavy (non-hydrogen) atoms. The van der Waals surface area contributed by atoms with E-state index in [-0.39, 0.29) is 0 Å². The maximum atomic E-state index is 5.05. The molecule has 122 valence electrons. The van der Waals surface area contributed by atoms with Gasteiger partial charge in [-0.2, -0.15) is 0 Å². The summed E-state index contributed by atoms with van der Waals surface area (Å²) < 4.78 is 2.33. The molecular weight excluding hydrogens is 336 g/mol. The van der Waals surface area contributed by atoms with Gasteiger partial charge in [0, 0.05) is 15.4 Å². The summed E-state index contributed by atoms with van der Waals surface area (Å²) in [4.78, 5) is 7.59. The third kappa shape index (κ3) is 1.86. The highest BCUT2D eigenvalue weighted by Crippen LogP contribution is 2.45. The van der Waals surface area contributed by atoms with Gasteiger partial charge >= 0.3 is 0 Å². The van der Waals surface area contributed by atoms with Crippen molar-refractivity contribution >= 4 is 33.6 Å². The lowest BCUT2D eigenvalue weighted by molar-refractivity contribution is 1.04. The number of aromatic nitrogens is 2. The molecule has 3 heteroatoms. The molecule has 1 aliphatic heterocycles. The van der Waals surface area contributed by atoms with Crippen LogP contribution in [0.4, 0.5) is 0 Å². The highest BCUT2D eigenvalue weighted by Gasteiger charge is 2.24. The van der Waals surface area contributed by atoms with Crippen LogP contribution in [0, 0.1) is 0 Å². The average Bonchev–Trinajstić information content (AvgIpc) is 3.09. The molecule has 0 atom stereocenters. The van der Waals surface area contributed by atoms with Gasteiger partial charge in [0.2, 0.25) is 0 Å². The second kappa shape index (κ2) is 5.23. The number of para-hydroxylation sites is 2. The molecule has 5 aromatic rings. The molecule has 0 unspecified atom stereocenters. The van der Waals surface area contributed by atoms with E-state index in [4.69, 9.17) is 4.98 Å². The topological polar surface area (TPSA) is 17.8 Å². The van der Waals surface area contributed by atoms with E-state index in [2.05, 4.69) is 89.5 Å². The first-order valence-electron chi connectivity index (χ1n) is 8.67. The molecule has 1 aromatic heterocycles. The van der Waals surface area contributed by atoms with E-state index < -0.39 is 0 Å². The second-order valence-corrected chi connectivity index (χ2v) is 7.57. The largest absolute Gasteiger partial charge is 0.290 e. The van der Waals surface area contributed by atoms with Gasteiger partial charge in [0.25, 0.3) is 0 Å². The number of fused-ring (bicyclic) bond motifs is 3. The quantitative estimate of drug-likeness (QED) is 0.346. The highest BCUT2D eigenvalue weighted by atomic mass is 32.2. The second-order valence-electron chi connectivity index (χ2n) is 6.49. The summed E-state index contributed by atoms with van der Waals surface area (Å²) in [5.74, 6) is 1.01. The lowest BCUT2D eigenvalue weighted by atomic mass is 10.0. The summed E-state index contributed by atoms with van der Waals surface area (Å²) in [5, 5.41) is 2.47. The van der Waals surface area contributed by atoms with Crippen LogP contribution in [0.2, 0.25) is 0 Å². The van der Waals surface area contributed by atoms with Gasteiger partial charge in [-0.1, -0.05) is 72.4 Å². The van der Waals surface area contributed by atoms with Crippen LogP contribution in [0.15, 0.2) is 94.7 Å². The van der Waals surface area contributed by atoms with Crippen LogP contribution in [-0.4, -0.2) is 9.55 Å². The van der Waals surface area contributed by atoms with Gasteiger partial charge in [0.15, 0.2) is 0 Å². The third-order valence-corrected chi connectivity index (χ3v) is 6.11. The molecule has 4 aromatic carbocycles. The zero-order chi connectivity index (χ0) is 17.1. The lowest BCUT2D eigenvalue weighted by Gasteiger charge is -2.20.